The molecule has 0 spiro atoms. The Balaban J connectivity index is 1.80. The van der Waals surface area contributed by atoms with Crippen LogP contribution >= 0.6 is 23.2 Å². The van der Waals surface area contributed by atoms with Gasteiger partial charge in [-0.25, -0.2) is 0 Å². The molecular formula is C13H16Cl2N2O2. The zero-order valence-electron chi connectivity index (χ0n) is 10.5. The smallest absolute Gasteiger partial charge is 0.251 e. The van der Waals surface area contributed by atoms with Crippen molar-refractivity contribution in [2.45, 2.75) is 0 Å². The highest BCUT2D eigenvalue weighted by molar-refractivity contribution is 6.35. The van der Waals surface area contributed by atoms with Gasteiger partial charge in [-0.15, -0.1) is 0 Å². The van der Waals surface area contributed by atoms with Crippen LogP contribution in [0.4, 0.5) is 0 Å². The first-order valence-electron chi connectivity index (χ1n) is 6.19. The maximum atomic E-state index is 11.9. The molecule has 0 aliphatic carbocycles. The van der Waals surface area contributed by atoms with Crippen molar-refractivity contribution in [3.63, 3.8) is 0 Å². The summed E-state index contributed by atoms with van der Waals surface area (Å²) in [5.41, 5.74) is 0.486. The van der Waals surface area contributed by atoms with Gasteiger partial charge in [-0.05, 0) is 18.2 Å². The van der Waals surface area contributed by atoms with Gasteiger partial charge in [0.05, 0.1) is 13.2 Å². The number of rotatable bonds is 4. The van der Waals surface area contributed by atoms with Crippen molar-refractivity contribution in [1.82, 2.24) is 10.2 Å². The van der Waals surface area contributed by atoms with Gasteiger partial charge in [0.2, 0.25) is 0 Å². The first-order valence-corrected chi connectivity index (χ1v) is 6.95. The molecule has 0 saturated carbocycles. The molecule has 0 aromatic heterocycles. The van der Waals surface area contributed by atoms with Crippen LogP contribution in [0.1, 0.15) is 10.4 Å². The summed E-state index contributed by atoms with van der Waals surface area (Å²) >= 11 is 11.7. The average Bonchev–Trinajstić information content (AvgIpc) is 2.38. The monoisotopic (exact) mass is 302 g/mol. The number of benzene rings is 1. The minimum absolute atomic E-state index is 0.155. The molecule has 19 heavy (non-hydrogen) atoms. The molecule has 1 saturated heterocycles. The molecule has 0 atom stereocenters. The van der Waals surface area contributed by atoms with Gasteiger partial charge in [0, 0.05) is 41.8 Å². The van der Waals surface area contributed by atoms with Crippen LogP contribution in [-0.4, -0.2) is 50.2 Å². The number of carbonyl (C=O) groups is 1. The van der Waals surface area contributed by atoms with Gasteiger partial charge in [-0.2, -0.15) is 0 Å². The fourth-order valence-electron chi connectivity index (χ4n) is 1.94. The van der Waals surface area contributed by atoms with Gasteiger partial charge in [0.1, 0.15) is 0 Å². The molecule has 6 heteroatoms. The topological polar surface area (TPSA) is 41.6 Å². The Kier molecular flexibility index (Phi) is 5.45. The molecule has 1 aromatic rings. The van der Waals surface area contributed by atoms with Crippen LogP contribution in [0, 0.1) is 0 Å². The van der Waals surface area contributed by atoms with Crippen LogP contribution in [0.3, 0.4) is 0 Å². The maximum absolute atomic E-state index is 11.9. The third-order valence-corrected chi connectivity index (χ3v) is 3.38. The highest BCUT2D eigenvalue weighted by Gasteiger charge is 2.11. The van der Waals surface area contributed by atoms with Crippen LogP contribution in [0.25, 0.3) is 0 Å². The van der Waals surface area contributed by atoms with E-state index in [0.717, 1.165) is 32.8 Å². The molecular weight excluding hydrogens is 287 g/mol. The predicted molar refractivity (Wildman–Crippen MR) is 76.1 cm³/mol. The molecule has 1 heterocycles. The van der Waals surface area contributed by atoms with E-state index >= 15 is 0 Å². The fourth-order valence-corrected chi connectivity index (χ4v) is 2.47. The second-order valence-corrected chi connectivity index (χ2v) is 5.24. The van der Waals surface area contributed by atoms with Crippen molar-refractivity contribution >= 4 is 29.1 Å². The SMILES string of the molecule is O=C(NCCN1CCOCC1)c1cc(Cl)cc(Cl)c1. The summed E-state index contributed by atoms with van der Waals surface area (Å²) in [6, 6.07) is 4.82. The van der Waals surface area contributed by atoms with Gasteiger partial charge in [-0.3, -0.25) is 9.69 Å². The predicted octanol–water partition coefficient (Wildman–Crippen LogP) is 2.06. The lowest BCUT2D eigenvalue weighted by molar-refractivity contribution is 0.0383. The number of nitrogens with zero attached hydrogens (tertiary/aromatic N) is 1. The van der Waals surface area contributed by atoms with Crippen molar-refractivity contribution in [3.05, 3.63) is 33.8 Å². The summed E-state index contributed by atoms with van der Waals surface area (Å²) in [7, 11) is 0. The Bertz CT molecular complexity index is 428. The van der Waals surface area contributed by atoms with Gasteiger partial charge < -0.3 is 10.1 Å². The third kappa shape index (κ3) is 4.66. The zero-order valence-corrected chi connectivity index (χ0v) is 12.0. The third-order valence-electron chi connectivity index (χ3n) is 2.94. The van der Waals surface area contributed by atoms with Crippen LogP contribution in [0.15, 0.2) is 18.2 Å². The standard InChI is InChI=1S/C13H16Cl2N2O2/c14-11-7-10(8-12(15)9-11)13(18)16-1-2-17-3-5-19-6-4-17/h7-9H,1-6H2,(H,16,18). The van der Waals surface area contributed by atoms with E-state index in [2.05, 4.69) is 10.2 Å². The number of morpholine rings is 1. The Morgan fingerprint density at radius 2 is 1.84 bits per heavy atom. The Morgan fingerprint density at radius 3 is 2.47 bits per heavy atom. The van der Waals surface area contributed by atoms with Gasteiger partial charge >= 0.3 is 0 Å². The summed E-state index contributed by atoms with van der Waals surface area (Å²) in [5, 5.41) is 3.79. The molecule has 1 aliphatic heterocycles. The molecule has 1 N–H and O–H groups in total. The van der Waals surface area contributed by atoms with E-state index in [1.165, 1.54) is 0 Å². The van der Waals surface area contributed by atoms with E-state index in [1.807, 2.05) is 0 Å². The van der Waals surface area contributed by atoms with Gasteiger partial charge in [0.25, 0.3) is 5.91 Å². The van der Waals surface area contributed by atoms with E-state index < -0.39 is 0 Å². The Labute approximate surface area is 122 Å². The molecule has 104 valence electrons. The fraction of sp³-hybridized carbons (Fsp3) is 0.462. The number of hydrogen-bond donors (Lipinski definition) is 1. The van der Waals surface area contributed by atoms with Crippen molar-refractivity contribution in [3.8, 4) is 0 Å². The van der Waals surface area contributed by atoms with Crippen LogP contribution < -0.4 is 5.32 Å². The summed E-state index contributed by atoms with van der Waals surface area (Å²) in [5.74, 6) is -0.155. The first-order chi connectivity index (χ1) is 9.15. The molecule has 1 aliphatic rings. The highest BCUT2D eigenvalue weighted by Crippen LogP contribution is 2.18. The molecule has 1 amide bonds. The second-order valence-electron chi connectivity index (χ2n) is 4.37. The van der Waals surface area contributed by atoms with Crippen molar-refractivity contribution in [2.75, 3.05) is 39.4 Å². The zero-order chi connectivity index (χ0) is 13.7. The van der Waals surface area contributed by atoms with E-state index in [1.54, 1.807) is 18.2 Å². The van der Waals surface area contributed by atoms with E-state index in [9.17, 15) is 4.79 Å². The largest absolute Gasteiger partial charge is 0.379 e. The summed E-state index contributed by atoms with van der Waals surface area (Å²) in [4.78, 5) is 14.2. The summed E-state index contributed by atoms with van der Waals surface area (Å²) in [6.45, 7) is 4.78. The van der Waals surface area contributed by atoms with Crippen LogP contribution in [0.2, 0.25) is 10.0 Å². The van der Waals surface area contributed by atoms with Crippen LogP contribution in [-0.2, 0) is 4.74 Å². The van der Waals surface area contributed by atoms with Gasteiger partial charge in [0.15, 0.2) is 0 Å². The van der Waals surface area contributed by atoms with E-state index in [-0.39, 0.29) is 5.91 Å². The number of amides is 1. The molecule has 0 radical (unpaired) electrons. The minimum atomic E-state index is -0.155. The Morgan fingerprint density at radius 1 is 1.21 bits per heavy atom. The number of halogens is 2. The molecule has 1 aromatic carbocycles. The second kappa shape index (κ2) is 7.10. The summed E-state index contributed by atoms with van der Waals surface area (Å²) in [6.07, 6.45) is 0. The lowest BCUT2D eigenvalue weighted by Crippen LogP contribution is -2.41. The highest BCUT2D eigenvalue weighted by atomic mass is 35.5. The van der Waals surface area contributed by atoms with Crippen LogP contribution in [0.5, 0.6) is 0 Å². The minimum Gasteiger partial charge on any atom is -0.379 e. The maximum Gasteiger partial charge on any atom is 0.251 e. The molecule has 2 rings (SSSR count). The summed E-state index contributed by atoms with van der Waals surface area (Å²) < 4.78 is 5.26. The molecule has 4 nitrogen and oxygen atoms in total. The average molecular weight is 303 g/mol. The quantitative estimate of drug-likeness (QED) is 0.925. The van der Waals surface area contributed by atoms with Crippen molar-refractivity contribution in [2.24, 2.45) is 0 Å². The normalized spacial score (nSPS) is 16.3. The van der Waals surface area contributed by atoms with E-state index in [4.69, 9.17) is 27.9 Å². The molecule has 0 unspecified atom stereocenters. The number of nitrogens with one attached hydrogen (secondary N) is 1. The first kappa shape index (κ1) is 14.6. The van der Waals surface area contributed by atoms with Crippen molar-refractivity contribution < 1.29 is 9.53 Å². The number of carbonyl (C=O) groups excluding carboxylic acids is 1. The molecule has 0 bridgehead atoms. The lowest BCUT2D eigenvalue weighted by Gasteiger charge is -2.26. The Hall–Kier alpha value is -0.810. The number of hydrogen-bond acceptors (Lipinski definition) is 3. The lowest BCUT2D eigenvalue weighted by atomic mass is 10.2. The van der Waals surface area contributed by atoms with Gasteiger partial charge in [-0.1, -0.05) is 23.2 Å². The van der Waals surface area contributed by atoms with E-state index in [0.29, 0.717) is 22.2 Å². The number of ether oxygens (including phenoxy) is 1. The molecule has 1 fully saturated rings. The van der Waals surface area contributed by atoms with Crippen molar-refractivity contribution in [1.29, 1.82) is 0 Å².